The number of carbonyl (C=O) groups excluding carboxylic acids is 1. The van der Waals surface area contributed by atoms with Crippen LogP contribution < -0.4 is 10.1 Å². The van der Waals surface area contributed by atoms with Crippen molar-refractivity contribution in [2.75, 3.05) is 19.7 Å². The van der Waals surface area contributed by atoms with Crippen LogP contribution >= 0.6 is 15.9 Å². The average molecular weight is 526 g/mol. The molecule has 0 radical (unpaired) electrons. The zero-order valence-electron chi connectivity index (χ0n) is 17.7. The summed E-state index contributed by atoms with van der Waals surface area (Å²) in [6.45, 7) is 4.40. The minimum atomic E-state index is -4.20. The van der Waals surface area contributed by atoms with Crippen molar-refractivity contribution in [3.8, 4) is 5.75 Å². The second-order valence-corrected chi connectivity index (χ2v) is 10.3. The molecular formula is C21H24BrN3O6S. The van der Waals surface area contributed by atoms with Crippen LogP contribution in [0.2, 0.25) is 0 Å². The summed E-state index contributed by atoms with van der Waals surface area (Å²) >= 11 is 3.43. The highest BCUT2D eigenvalue weighted by Crippen LogP contribution is 2.31. The molecule has 0 saturated carbocycles. The van der Waals surface area contributed by atoms with Gasteiger partial charge in [-0.2, -0.15) is 4.31 Å². The Hall–Kier alpha value is -2.50. The number of sulfonamides is 1. The van der Waals surface area contributed by atoms with Gasteiger partial charge in [0.1, 0.15) is 18.4 Å². The number of rotatable bonds is 8. The molecule has 3 rings (SSSR count). The number of amides is 1. The monoisotopic (exact) mass is 525 g/mol. The molecule has 1 atom stereocenters. The van der Waals surface area contributed by atoms with Crippen molar-refractivity contribution in [1.29, 1.82) is 0 Å². The first kappa shape index (κ1) is 24.1. The lowest BCUT2D eigenvalue weighted by molar-refractivity contribution is -0.387. The van der Waals surface area contributed by atoms with Gasteiger partial charge in [0, 0.05) is 17.1 Å². The van der Waals surface area contributed by atoms with Crippen molar-refractivity contribution >= 4 is 37.5 Å². The Kier molecular flexibility index (Phi) is 7.52. The molecule has 1 aliphatic heterocycles. The molecule has 1 heterocycles. The molecule has 0 spiro atoms. The molecule has 1 aliphatic rings. The summed E-state index contributed by atoms with van der Waals surface area (Å²) < 4.78 is 34.0. The predicted octanol–water partition coefficient (Wildman–Crippen LogP) is 3.32. The summed E-state index contributed by atoms with van der Waals surface area (Å²) in [6.07, 6.45) is 0.837. The van der Waals surface area contributed by atoms with E-state index >= 15 is 0 Å². The van der Waals surface area contributed by atoms with E-state index in [-0.39, 0.29) is 19.7 Å². The first-order valence-corrected chi connectivity index (χ1v) is 12.3. The van der Waals surface area contributed by atoms with Gasteiger partial charge in [-0.15, -0.1) is 0 Å². The lowest BCUT2D eigenvalue weighted by Gasteiger charge is -2.23. The standard InChI is InChI=1S/C21H24BrN3O6S/c1-14-12-16(22)13-15(2)20(14)31-11-9-23-21(26)18-7-5-10-24(18)32(29,30)19-8-4-3-6-17(19)25(27)28/h3-4,6,8,12-13,18H,5,7,9-11H2,1-2H3,(H,23,26). The van der Waals surface area contributed by atoms with E-state index in [0.717, 1.165) is 31.7 Å². The van der Waals surface area contributed by atoms with E-state index in [1.165, 1.54) is 18.2 Å². The Bertz CT molecular complexity index is 1120. The number of nitrogens with zero attached hydrogens (tertiary/aromatic N) is 2. The van der Waals surface area contributed by atoms with Crippen LogP contribution in [-0.2, 0) is 14.8 Å². The predicted molar refractivity (Wildman–Crippen MR) is 122 cm³/mol. The van der Waals surface area contributed by atoms with Gasteiger partial charge >= 0.3 is 0 Å². The first-order chi connectivity index (χ1) is 15.1. The number of nitrogens with one attached hydrogen (secondary N) is 1. The van der Waals surface area contributed by atoms with Gasteiger partial charge in [-0.3, -0.25) is 14.9 Å². The molecule has 1 N–H and O–H groups in total. The van der Waals surface area contributed by atoms with Crippen molar-refractivity contribution < 1.29 is 22.9 Å². The number of para-hydroxylation sites is 1. The Morgan fingerprint density at radius 2 is 1.94 bits per heavy atom. The zero-order valence-corrected chi connectivity index (χ0v) is 20.1. The Morgan fingerprint density at radius 1 is 1.28 bits per heavy atom. The summed E-state index contributed by atoms with van der Waals surface area (Å²) in [6, 6.07) is 8.11. The van der Waals surface area contributed by atoms with Gasteiger partial charge in [-0.1, -0.05) is 28.1 Å². The third kappa shape index (κ3) is 5.11. The van der Waals surface area contributed by atoms with Gasteiger partial charge in [0.25, 0.3) is 15.7 Å². The molecular weight excluding hydrogens is 502 g/mol. The van der Waals surface area contributed by atoms with Crippen LogP contribution in [0.4, 0.5) is 5.69 Å². The van der Waals surface area contributed by atoms with E-state index in [1.54, 1.807) is 0 Å². The van der Waals surface area contributed by atoms with Gasteiger partial charge < -0.3 is 10.1 Å². The second-order valence-electron chi connectivity index (χ2n) is 7.51. The van der Waals surface area contributed by atoms with Crippen LogP contribution in [0, 0.1) is 24.0 Å². The summed E-state index contributed by atoms with van der Waals surface area (Å²) in [5.74, 6) is 0.293. The molecule has 1 amide bonds. The maximum absolute atomic E-state index is 13.1. The number of aryl methyl sites for hydroxylation is 2. The van der Waals surface area contributed by atoms with E-state index in [2.05, 4.69) is 21.2 Å². The normalized spacial score (nSPS) is 16.7. The van der Waals surface area contributed by atoms with Crippen LogP contribution in [-0.4, -0.2) is 49.3 Å². The molecule has 1 fully saturated rings. The van der Waals surface area contributed by atoms with Gasteiger partial charge in [-0.05, 0) is 56.0 Å². The summed E-state index contributed by atoms with van der Waals surface area (Å²) in [7, 11) is -4.20. The van der Waals surface area contributed by atoms with Crippen LogP contribution in [0.3, 0.4) is 0 Å². The minimum absolute atomic E-state index is 0.125. The molecule has 1 saturated heterocycles. The summed E-state index contributed by atoms with van der Waals surface area (Å²) in [4.78, 5) is 22.9. The van der Waals surface area contributed by atoms with E-state index < -0.39 is 37.5 Å². The topological polar surface area (TPSA) is 119 Å². The number of nitro groups is 1. The van der Waals surface area contributed by atoms with Crippen molar-refractivity contribution in [2.45, 2.75) is 37.6 Å². The van der Waals surface area contributed by atoms with Gasteiger partial charge in [-0.25, -0.2) is 8.42 Å². The molecule has 9 nitrogen and oxygen atoms in total. The molecule has 11 heteroatoms. The van der Waals surface area contributed by atoms with Gasteiger partial charge in [0.15, 0.2) is 4.90 Å². The van der Waals surface area contributed by atoms with Gasteiger partial charge in [0.2, 0.25) is 5.91 Å². The summed E-state index contributed by atoms with van der Waals surface area (Å²) in [5, 5.41) is 14.0. The Morgan fingerprint density at radius 3 is 2.59 bits per heavy atom. The van der Waals surface area contributed by atoms with E-state index in [4.69, 9.17) is 4.74 Å². The fraction of sp³-hybridized carbons (Fsp3) is 0.381. The number of carbonyl (C=O) groups is 1. The highest BCUT2D eigenvalue weighted by molar-refractivity contribution is 9.10. The number of nitro benzene ring substituents is 1. The quantitative estimate of drug-likeness (QED) is 0.320. The number of hydrogen-bond acceptors (Lipinski definition) is 6. The highest BCUT2D eigenvalue weighted by atomic mass is 79.9. The van der Waals surface area contributed by atoms with E-state index in [9.17, 15) is 23.3 Å². The summed E-state index contributed by atoms with van der Waals surface area (Å²) in [5.41, 5.74) is 1.41. The fourth-order valence-corrected chi connectivity index (χ4v) is 6.31. The molecule has 172 valence electrons. The average Bonchev–Trinajstić information content (AvgIpc) is 3.23. The highest BCUT2D eigenvalue weighted by Gasteiger charge is 2.41. The Balaban J connectivity index is 1.65. The van der Waals surface area contributed by atoms with Crippen LogP contribution in [0.25, 0.3) is 0 Å². The number of halogens is 1. The van der Waals surface area contributed by atoms with E-state index in [1.807, 2.05) is 26.0 Å². The molecule has 32 heavy (non-hydrogen) atoms. The van der Waals surface area contributed by atoms with Crippen molar-refractivity contribution in [3.05, 3.63) is 62.1 Å². The molecule has 1 unspecified atom stereocenters. The minimum Gasteiger partial charge on any atom is -0.491 e. The molecule has 0 aliphatic carbocycles. The number of ether oxygens (including phenoxy) is 1. The maximum atomic E-state index is 13.1. The van der Waals surface area contributed by atoms with Crippen LogP contribution in [0.5, 0.6) is 5.75 Å². The molecule has 2 aromatic carbocycles. The van der Waals surface area contributed by atoms with E-state index in [0.29, 0.717) is 12.8 Å². The lowest BCUT2D eigenvalue weighted by atomic mass is 10.1. The number of hydrogen-bond donors (Lipinski definition) is 1. The van der Waals surface area contributed by atoms with Crippen LogP contribution in [0.15, 0.2) is 45.8 Å². The molecule has 2 aromatic rings. The van der Waals surface area contributed by atoms with Crippen LogP contribution in [0.1, 0.15) is 24.0 Å². The second kappa shape index (κ2) is 9.97. The third-order valence-electron chi connectivity index (χ3n) is 5.23. The fourth-order valence-electron chi connectivity index (χ4n) is 3.81. The lowest BCUT2D eigenvalue weighted by Crippen LogP contribution is -2.46. The zero-order chi connectivity index (χ0) is 23.5. The van der Waals surface area contributed by atoms with Crippen molar-refractivity contribution in [1.82, 2.24) is 9.62 Å². The Labute approximate surface area is 195 Å². The largest absolute Gasteiger partial charge is 0.491 e. The van der Waals surface area contributed by atoms with Crippen molar-refractivity contribution in [3.63, 3.8) is 0 Å². The third-order valence-corrected chi connectivity index (χ3v) is 7.64. The van der Waals surface area contributed by atoms with Crippen molar-refractivity contribution in [2.24, 2.45) is 0 Å². The maximum Gasteiger partial charge on any atom is 0.289 e. The number of benzene rings is 2. The molecule has 0 aromatic heterocycles. The smallest absolute Gasteiger partial charge is 0.289 e. The SMILES string of the molecule is Cc1cc(Br)cc(C)c1OCCNC(=O)C1CCCN1S(=O)(=O)c1ccccc1[N+](=O)[O-]. The van der Waals surface area contributed by atoms with Gasteiger partial charge in [0.05, 0.1) is 11.5 Å². The first-order valence-electron chi connectivity index (χ1n) is 10.1. The molecule has 0 bridgehead atoms.